The van der Waals surface area contributed by atoms with E-state index in [9.17, 15) is 9.59 Å². The lowest BCUT2D eigenvalue weighted by Crippen LogP contribution is -2.63. The number of hydrogen-bond donors (Lipinski definition) is 1. The molecule has 1 N–H and O–H groups in total. The summed E-state index contributed by atoms with van der Waals surface area (Å²) in [5.41, 5.74) is 3.94. The highest BCUT2D eigenvalue weighted by Crippen LogP contribution is 2.39. The van der Waals surface area contributed by atoms with Crippen molar-refractivity contribution in [1.29, 1.82) is 0 Å². The Kier molecular flexibility index (Phi) is 7.10. The summed E-state index contributed by atoms with van der Waals surface area (Å²) >= 11 is 0. The van der Waals surface area contributed by atoms with Gasteiger partial charge >= 0.3 is 0 Å². The quantitative estimate of drug-likeness (QED) is 0.688. The van der Waals surface area contributed by atoms with Gasteiger partial charge in [0.1, 0.15) is 6.04 Å². The molecule has 2 amide bonds. The predicted molar refractivity (Wildman–Crippen MR) is 139 cm³/mol. The predicted octanol–water partition coefficient (Wildman–Crippen LogP) is 1.82. The summed E-state index contributed by atoms with van der Waals surface area (Å²) in [5.74, 6) is 0.105. The smallest absolute Gasteiger partial charge is 0.241 e. The lowest BCUT2D eigenvalue weighted by molar-refractivity contribution is -0.142. The standard InChI is InChI=1S/C28H37N5O3/c1-20-17-32(24(16-29-20)27(35)31-9-11-36-12-10-31)18-25(34)33-19-28(2,3)26-23(33)14-22(15-30-26)13-21-7-5-4-6-8-21/h4-8,14-15,20,24,29H,9-13,16-19H2,1-3H3/t20?,24-/m1/s1. The van der Waals surface area contributed by atoms with Crippen LogP contribution >= 0.6 is 0 Å². The third-order valence-electron chi connectivity index (χ3n) is 7.52. The fourth-order valence-corrected chi connectivity index (χ4v) is 5.59. The molecule has 2 atom stereocenters. The zero-order valence-corrected chi connectivity index (χ0v) is 21.6. The van der Waals surface area contributed by atoms with Crippen LogP contribution < -0.4 is 10.2 Å². The van der Waals surface area contributed by atoms with E-state index >= 15 is 0 Å². The molecule has 1 aromatic heterocycles. The van der Waals surface area contributed by atoms with Crippen molar-refractivity contribution in [2.45, 2.75) is 44.7 Å². The van der Waals surface area contributed by atoms with E-state index in [-0.39, 0.29) is 35.9 Å². The first-order chi connectivity index (χ1) is 17.3. The van der Waals surface area contributed by atoms with E-state index in [1.807, 2.05) is 34.2 Å². The van der Waals surface area contributed by atoms with Gasteiger partial charge in [-0.25, -0.2) is 0 Å². The van der Waals surface area contributed by atoms with Crippen LogP contribution in [0.25, 0.3) is 0 Å². The monoisotopic (exact) mass is 491 g/mol. The third-order valence-corrected chi connectivity index (χ3v) is 7.52. The van der Waals surface area contributed by atoms with Crippen LogP contribution in [-0.4, -0.2) is 91.2 Å². The molecule has 0 radical (unpaired) electrons. The van der Waals surface area contributed by atoms with Crippen LogP contribution in [-0.2, 0) is 26.2 Å². The van der Waals surface area contributed by atoms with Crippen molar-refractivity contribution in [3.8, 4) is 0 Å². The molecule has 1 aromatic carbocycles. The molecular formula is C28H37N5O3. The van der Waals surface area contributed by atoms with Crippen LogP contribution in [0.15, 0.2) is 42.6 Å². The van der Waals surface area contributed by atoms with Gasteiger partial charge in [0.2, 0.25) is 11.8 Å². The summed E-state index contributed by atoms with van der Waals surface area (Å²) in [6.07, 6.45) is 2.71. The van der Waals surface area contributed by atoms with Crippen LogP contribution in [0.2, 0.25) is 0 Å². The van der Waals surface area contributed by atoms with Gasteiger partial charge in [-0.05, 0) is 30.5 Å². The van der Waals surface area contributed by atoms with E-state index in [0.29, 0.717) is 45.9 Å². The molecule has 8 heteroatoms. The van der Waals surface area contributed by atoms with Gasteiger partial charge in [-0.2, -0.15) is 0 Å². The molecular weight excluding hydrogens is 454 g/mol. The van der Waals surface area contributed by atoms with Crippen LogP contribution in [0.3, 0.4) is 0 Å². The Bertz CT molecular complexity index is 1100. The number of morpholine rings is 1. The number of carbonyl (C=O) groups is 2. The Morgan fingerprint density at radius 3 is 2.64 bits per heavy atom. The summed E-state index contributed by atoms with van der Waals surface area (Å²) in [6.45, 7) is 10.7. The fraction of sp³-hybridized carbons (Fsp3) is 0.536. The second kappa shape index (κ2) is 10.3. The zero-order valence-electron chi connectivity index (χ0n) is 21.6. The Morgan fingerprint density at radius 2 is 1.89 bits per heavy atom. The number of fused-ring (bicyclic) bond motifs is 1. The first kappa shape index (κ1) is 24.9. The van der Waals surface area contributed by atoms with Gasteiger partial charge in [-0.1, -0.05) is 44.2 Å². The second-order valence-electron chi connectivity index (χ2n) is 10.9. The number of nitrogens with one attached hydrogen (secondary N) is 1. The Balaban J connectivity index is 1.35. The van der Waals surface area contributed by atoms with Crippen LogP contribution in [0.5, 0.6) is 0 Å². The van der Waals surface area contributed by atoms with Crippen molar-refractivity contribution in [2.24, 2.45) is 0 Å². The number of carbonyl (C=O) groups excluding carboxylic acids is 2. The zero-order chi connectivity index (χ0) is 25.3. The van der Waals surface area contributed by atoms with E-state index in [1.165, 1.54) is 5.56 Å². The highest BCUT2D eigenvalue weighted by atomic mass is 16.5. The van der Waals surface area contributed by atoms with E-state index < -0.39 is 0 Å². The number of aromatic nitrogens is 1. The van der Waals surface area contributed by atoms with Crippen molar-refractivity contribution < 1.29 is 14.3 Å². The minimum atomic E-state index is -0.346. The van der Waals surface area contributed by atoms with Crippen LogP contribution in [0.1, 0.15) is 37.6 Å². The van der Waals surface area contributed by atoms with E-state index in [1.54, 1.807) is 0 Å². The van der Waals surface area contributed by atoms with Gasteiger partial charge in [0.15, 0.2) is 0 Å². The maximum absolute atomic E-state index is 13.8. The van der Waals surface area contributed by atoms with Gasteiger partial charge in [-0.3, -0.25) is 19.5 Å². The lowest BCUT2D eigenvalue weighted by Gasteiger charge is -2.41. The number of anilines is 1. The topological polar surface area (TPSA) is 78.0 Å². The largest absolute Gasteiger partial charge is 0.378 e. The molecule has 8 nitrogen and oxygen atoms in total. The molecule has 2 saturated heterocycles. The van der Waals surface area contributed by atoms with Gasteiger partial charge in [0.25, 0.3) is 0 Å². The average Bonchev–Trinajstić information content (AvgIpc) is 3.15. The molecule has 5 rings (SSSR count). The van der Waals surface area contributed by atoms with E-state index in [4.69, 9.17) is 9.72 Å². The van der Waals surface area contributed by atoms with E-state index in [2.05, 4.69) is 49.2 Å². The molecule has 2 aromatic rings. The van der Waals surface area contributed by atoms with Crippen LogP contribution in [0, 0.1) is 0 Å². The molecule has 0 aliphatic carbocycles. The number of piperazine rings is 1. The molecule has 0 saturated carbocycles. The maximum atomic E-state index is 13.8. The maximum Gasteiger partial charge on any atom is 0.241 e. The van der Waals surface area contributed by atoms with Crippen LogP contribution in [0.4, 0.5) is 5.69 Å². The van der Waals surface area contributed by atoms with Crippen molar-refractivity contribution in [3.63, 3.8) is 0 Å². The molecule has 192 valence electrons. The number of nitrogens with zero attached hydrogens (tertiary/aromatic N) is 4. The molecule has 0 spiro atoms. The first-order valence-corrected chi connectivity index (χ1v) is 13.0. The van der Waals surface area contributed by atoms with Gasteiger partial charge in [0, 0.05) is 50.4 Å². The molecule has 1 unspecified atom stereocenters. The third kappa shape index (κ3) is 5.16. The number of rotatable bonds is 5. The number of ether oxygens (including phenoxy) is 1. The summed E-state index contributed by atoms with van der Waals surface area (Å²) < 4.78 is 5.42. The van der Waals surface area contributed by atoms with Crippen molar-refractivity contribution in [1.82, 2.24) is 20.1 Å². The molecule has 36 heavy (non-hydrogen) atoms. The Labute approximate surface area is 213 Å². The molecule has 0 bridgehead atoms. The molecule has 2 fully saturated rings. The molecule has 3 aliphatic rings. The normalized spacial score (nSPS) is 24.0. The SMILES string of the molecule is CC1CN(CC(=O)N2CC(C)(C)c3ncc(Cc4ccccc4)cc32)[C@@H](C(=O)N2CCOCC2)CN1. The summed E-state index contributed by atoms with van der Waals surface area (Å²) in [5, 5.41) is 3.43. The number of benzene rings is 1. The fourth-order valence-electron chi connectivity index (χ4n) is 5.59. The summed E-state index contributed by atoms with van der Waals surface area (Å²) in [4.78, 5) is 37.8. The van der Waals surface area contributed by atoms with Gasteiger partial charge in [-0.15, -0.1) is 0 Å². The highest BCUT2D eigenvalue weighted by Gasteiger charge is 2.42. The number of hydrogen-bond acceptors (Lipinski definition) is 6. The first-order valence-electron chi connectivity index (χ1n) is 13.0. The van der Waals surface area contributed by atoms with Gasteiger partial charge < -0.3 is 19.9 Å². The summed E-state index contributed by atoms with van der Waals surface area (Å²) in [6, 6.07) is 12.3. The van der Waals surface area contributed by atoms with Crippen molar-refractivity contribution >= 4 is 17.5 Å². The second-order valence-corrected chi connectivity index (χ2v) is 10.9. The lowest BCUT2D eigenvalue weighted by atomic mass is 9.91. The Morgan fingerprint density at radius 1 is 1.14 bits per heavy atom. The average molecular weight is 492 g/mol. The molecule has 4 heterocycles. The van der Waals surface area contributed by atoms with E-state index in [0.717, 1.165) is 23.4 Å². The number of amides is 2. The highest BCUT2D eigenvalue weighted by molar-refractivity contribution is 5.97. The molecule has 3 aliphatic heterocycles. The number of pyridine rings is 1. The summed E-state index contributed by atoms with van der Waals surface area (Å²) in [7, 11) is 0. The van der Waals surface area contributed by atoms with Gasteiger partial charge in [0.05, 0.1) is 31.1 Å². The van der Waals surface area contributed by atoms with Crippen molar-refractivity contribution in [2.75, 3.05) is 57.4 Å². The minimum absolute atomic E-state index is 0.0226. The Hall–Kier alpha value is -2.81. The minimum Gasteiger partial charge on any atom is -0.378 e. The van der Waals surface area contributed by atoms with Crippen molar-refractivity contribution in [3.05, 3.63) is 59.4 Å².